The maximum Gasteiger partial charge on any atom is 0.433 e. The number of aromatic nitrogens is 4. The van der Waals surface area contributed by atoms with Crippen molar-refractivity contribution >= 4 is 11.9 Å². The van der Waals surface area contributed by atoms with E-state index < -0.39 is 11.9 Å². The highest BCUT2D eigenvalue weighted by atomic mass is 19.4. The van der Waals surface area contributed by atoms with E-state index in [0.29, 0.717) is 26.2 Å². The first-order chi connectivity index (χ1) is 17.4. The molecule has 0 spiro atoms. The molecule has 1 aliphatic rings. The van der Waals surface area contributed by atoms with Gasteiger partial charge in [0.2, 0.25) is 11.9 Å². The predicted molar refractivity (Wildman–Crippen MR) is 129 cm³/mol. The van der Waals surface area contributed by atoms with Gasteiger partial charge in [-0.15, -0.1) is 0 Å². The number of benzene rings is 2. The van der Waals surface area contributed by atoms with Crippen LogP contribution in [0.15, 0.2) is 79.0 Å². The summed E-state index contributed by atoms with van der Waals surface area (Å²) in [5, 5.41) is 4.72. The molecule has 7 nitrogen and oxygen atoms in total. The Kier molecular flexibility index (Phi) is 6.41. The van der Waals surface area contributed by atoms with E-state index in [-0.39, 0.29) is 18.4 Å². The minimum atomic E-state index is -4.53. The van der Waals surface area contributed by atoms with Gasteiger partial charge in [0.1, 0.15) is 12.2 Å². The van der Waals surface area contributed by atoms with Crippen LogP contribution >= 0.6 is 0 Å². The van der Waals surface area contributed by atoms with Gasteiger partial charge >= 0.3 is 6.18 Å². The van der Waals surface area contributed by atoms with E-state index >= 15 is 0 Å². The Morgan fingerprint density at radius 3 is 2.14 bits per heavy atom. The molecule has 3 heterocycles. The van der Waals surface area contributed by atoms with Gasteiger partial charge < -0.3 is 9.80 Å². The Hall–Kier alpha value is -4.21. The van der Waals surface area contributed by atoms with Gasteiger partial charge in [0.15, 0.2) is 0 Å². The number of anilines is 1. The van der Waals surface area contributed by atoms with E-state index in [1.807, 2.05) is 66.7 Å². The van der Waals surface area contributed by atoms with Crippen molar-refractivity contribution in [1.29, 1.82) is 0 Å². The standard InChI is InChI=1S/C26H23F3N6O/c27-26(28,29)23-11-12-30-25(31-23)34-15-13-33(14-16-34)24(36)18-35-22(20-9-5-2-6-10-20)17-21(32-35)19-7-3-1-4-8-19/h1-12,17H,13-16,18H2. The summed E-state index contributed by atoms with van der Waals surface area (Å²) in [6.45, 7) is 1.44. The summed E-state index contributed by atoms with van der Waals surface area (Å²) >= 11 is 0. The molecule has 1 fully saturated rings. The molecule has 0 atom stereocenters. The van der Waals surface area contributed by atoms with Crippen molar-refractivity contribution in [1.82, 2.24) is 24.6 Å². The van der Waals surface area contributed by atoms with Gasteiger partial charge in [0.05, 0.1) is 11.4 Å². The van der Waals surface area contributed by atoms with Gasteiger partial charge in [-0.1, -0.05) is 60.7 Å². The van der Waals surface area contributed by atoms with Gasteiger partial charge in [-0.2, -0.15) is 18.3 Å². The molecule has 36 heavy (non-hydrogen) atoms. The predicted octanol–water partition coefficient (Wildman–Crippen LogP) is 4.37. The zero-order valence-electron chi connectivity index (χ0n) is 19.3. The molecule has 10 heteroatoms. The molecule has 184 valence electrons. The average molecular weight is 493 g/mol. The number of alkyl halides is 3. The summed E-state index contributed by atoms with van der Waals surface area (Å²) in [7, 11) is 0. The van der Waals surface area contributed by atoms with Crippen LogP contribution in [0.25, 0.3) is 22.5 Å². The molecule has 0 N–H and O–H groups in total. The van der Waals surface area contributed by atoms with Crippen molar-refractivity contribution < 1.29 is 18.0 Å². The van der Waals surface area contributed by atoms with Crippen molar-refractivity contribution in [2.45, 2.75) is 12.7 Å². The molecule has 0 bridgehead atoms. The Balaban J connectivity index is 1.31. The molecule has 1 amide bonds. The van der Waals surface area contributed by atoms with Crippen LogP contribution in [0.4, 0.5) is 19.1 Å². The van der Waals surface area contributed by atoms with Crippen LogP contribution in [0.3, 0.4) is 0 Å². The zero-order chi connectivity index (χ0) is 25.1. The highest BCUT2D eigenvalue weighted by Gasteiger charge is 2.33. The fourth-order valence-corrected chi connectivity index (χ4v) is 4.17. The van der Waals surface area contributed by atoms with Crippen LogP contribution in [0.5, 0.6) is 0 Å². The van der Waals surface area contributed by atoms with Gasteiger partial charge in [-0.3, -0.25) is 9.48 Å². The second-order valence-corrected chi connectivity index (χ2v) is 8.41. The molecule has 4 aromatic rings. The first-order valence-electron chi connectivity index (χ1n) is 11.5. The van der Waals surface area contributed by atoms with Crippen molar-refractivity contribution in [3.8, 4) is 22.5 Å². The number of halogens is 3. The topological polar surface area (TPSA) is 67.2 Å². The number of hydrogen-bond donors (Lipinski definition) is 0. The van der Waals surface area contributed by atoms with Crippen molar-refractivity contribution in [3.05, 3.63) is 84.7 Å². The van der Waals surface area contributed by atoms with E-state index in [1.165, 1.54) is 0 Å². The van der Waals surface area contributed by atoms with Gasteiger partial charge in [0, 0.05) is 37.9 Å². The number of nitrogens with zero attached hydrogens (tertiary/aromatic N) is 6. The number of rotatable bonds is 5. The third kappa shape index (κ3) is 5.07. The highest BCUT2D eigenvalue weighted by molar-refractivity contribution is 5.78. The molecule has 1 saturated heterocycles. The first kappa shape index (κ1) is 23.5. The number of piperazine rings is 1. The quantitative estimate of drug-likeness (QED) is 0.414. The van der Waals surface area contributed by atoms with Crippen molar-refractivity contribution in [2.24, 2.45) is 0 Å². The third-order valence-corrected chi connectivity index (χ3v) is 6.05. The van der Waals surface area contributed by atoms with Gasteiger partial charge in [-0.25, -0.2) is 9.97 Å². The number of hydrogen-bond acceptors (Lipinski definition) is 5. The van der Waals surface area contributed by atoms with Crippen LogP contribution in [0.1, 0.15) is 5.69 Å². The molecule has 2 aromatic heterocycles. The summed E-state index contributed by atoms with van der Waals surface area (Å²) in [4.78, 5) is 24.2. The first-order valence-corrected chi connectivity index (χ1v) is 11.5. The Bertz CT molecular complexity index is 1330. The lowest BCUT2D eigenvalue weighted by molar-refractivity contribution is -0.141. The molecular formula is C26H23F3N6O. The zero-order valence-corrected chi connectivity index (χ0v) is 19.3. The van der Waals surface area contributed by atoms with Crippen molar-refractivity contribution in [2.75, 3.05) is 31.1 Å². The fraction of sp³-hybridized carbons (Fsp3) is 0.231. The van der Waals surface area contributed by atoms with E-state index in [1.54, 1.807) is 14.5 Å². The largest absolute Gasteiger partial charge is 0.433 e. The number of carbonyl (C=O) groups is 1. The maximum atomic E-state index is 13.2. The molecule has 2 aromatic carbocycles. The van der Waals surface area contributed by atoms with Crippen LogP contribution in [0.2, 0.25) is 0 Å². The van der Waals surface area contributed by atoms with E-state index in [0.717, 1.165) is 34.8 Å². The van der Waals surface area contributed by atoms with Crippen LogP contribution in [-0.4, -0.2) is 56.7 Å². The Morgan fingerprint density at radius 2 is 1.50 bits per heavy atom. The van der Waals surface area contributed by atoms with Crippen molar-refractivity contribution in [3.63, 3.8) is 0 Å². The molecule has 0 radical (unpaired) electrons. The van der Waals surface area contributed by atoms with E-state index in [2.05, 4.69) is 9.97 Å². The lowest BCUT2D eigenvalue weighted by atomic mass is 10.1. The summed E-state index contributed by atoms with van der Waals surface area (Å²) < 4.78 is 40.7. The SMILES string of the molecule is O=C(Cn1nc(-c2ccccc2)cc1-c1ccccc1)N1CCN(c2nccc(C(F)(F)F)n2)CC1. The van der Waals surface area contributed by atoms with E-state index in [4.69, 9.17) is 5.10 Å². The summed E-state index contributed by atoms with van der Waals surface area (Å²) in [6, 6.07) is 22.3. The van der Waals surface area contributed by atoms with Crippen LogP contribution in [-0.2, 0) is 17.5 Å². The lowest BCUT2D eigenvalue weighted by Gasteiger charge is -2.35. The summed E-state index contributed by atoms with van der Waals surface area (Å²) in [5.74, 6) is -0.0950. The Morgan fingerprint density at radius 1 is 0.861 bits per heavy atom. The average Bonchev–Trinajstić information content (AvgIpc) is 3.33. The summed E-state index contributed by atoms with van der Waals surface area (Å²) in [6.07, 6.45) is -3.43. The lowest BCUT2D eigenvalue weighted by Crippen LogP contribution is -2.50. The van der Waals surface area contributed by atoms with Crippen LogP contribution < -0.4 is 4.90 Å². The minimum Gasteiger partial charge on any atom is -0.338 e. The molecule has 0 saturated carbocycles. The molecule has 0 aliphatic carbocycles. The maximum absolute atomic E-state index is 13.2. The highest BCUT2D eigenvalue weighted by Crippen LogP contribution is 2.29. The second-order valence-electron chi connectivity index (χ2n) is 8.41. The normalized spacial score (nSPS) is 14.2. The molecule has 1 aliphatic heterocycles. The third-order valence-electron chi connectivity index (χ3n) is 6.05. The Labute approximate surface area is 205 Å². The second kappa shape index (κ2) is 9.80. The molecule has 0 unspecified atom stereocenters. The summed E-state index contributed by atoms with van der Waals surface area (Å²) in [5.41, 5.74) is 2.53. The minimum absolute atomic E-state index is 0.0165. The van der Waals surface area contributed by atoms with Crippen LogP contribution in [0, 0.1) is 0 Å². The fourth-order valence-electron chi connectivity index (χ4n) is 4.17. The monoisotopic (exact) mass is 492 g/mol. The number of carbonyl (C=O) groups excluding carboxylic acids is 1. The molecular weight excluding hydrogens is 469 g/mol. The molecule has 5 rings (SSSR count). The smallest absolute Gasteiger partial charge is 0.338 e. The van der Waals surface area contributed by atoms with Gasteiger partial charge in [-0.05, 0) is 17.7 Å². The number of amides is 1. The van der Waals surface area contributed by atoms with E-state index in [9.17, 15) is 18.0 Å². The van der Waals surface area contributed by atoms with Gasteiger partial charge in [0.25, 0.3) is 0 Å².